The molecule has 14 rings (SSSR count). The van der Waals surface area contributed by atoms with Crippen molar-refractivity contribution in [1.82, 2.24) is 0 Å². The Bertz CT molecular complexity index is 4180. The second kappa shape index (κ2) is 16.2. The van der Waals surface area contributed by atoms with Crippen molar-refractivity contribution < 1.29 is 17.6 Å². The van der Waals surface area contributed by atoms with Crippen LogP contribution >= 0.6 is 0 Å². The van der Waals surface area contributed by atoms with Gasteiger partial charge in [0.1, 0.15) is 22.8 Å². The van der Waals surface area contributed by atoms with Crippen LogP contribution in [0.4, 0.5) is 42.9 Å². The summed E-state index contributed by atoms with van der Waals surface area (Å²) in [4.78, 5) is 4.30. The topological polar surface area (TPSA) is 32.8 Å². The van der Waals surface area contributed by atoms with E-state index in [9.17, 15) is 0 Å². The number of benzene rings is 12. The van der Waals surface area contributed by atoms with Gasteiger partial charge in [0.2, 0.25) is 0 Å². The Morgan fingerprint density at radius 2 is 0.694 bits per heavy atom. The summed E-state index contributed by atoms with van der Waals surface area (Å²) in [5.74, 6) is -0.706. The average molecular weight is 933 g/mol. The Hall–Kier alpha value is -9.26. The third-order valence-electron chi connectivity index (χ3n) is 14.5. The molecule has 6 heteroatoms. The van der Waals surface area contributed by atoms with Gasteiger partial charge in [0.15, 0.2) is 11.2 Å². The van der Waals surface area contributed by atoms with Crippen molar-refractivity contribution in [2.75, 3.05) is 9.80 Å². The van der Waals surface area contributed by atoms with Gasteiger partial charge in [-0.1, -0.05) is 158 Å². The summed E-state index contributed by atoms with van der Waals surface area (Å²) in [6.07, 6.45) is 0. The van der Waals surface area contributed by atoms with Crippen LogP contribution in [0.3, 0.4) is 0 Å². The van der Waals surface area contributed by atoms with Crippen molar-refractivity contribution in [1.29, 1.82) is 0 Å². The lowest BCUT2D eigenvalue weighted by molar-refractivity contribution is 0.628. The molecule has 0 fully saturated rings. The smallest absolute Gasteiger partial charge is 0.159 e. The van der Waals surface area contributed by atoms with Gasteiger partial charge in [-0.2, -0.15) is 0 Å². The second-order valence-corrected chi connectivity index (χ2v) is 18.8. The number of hydrogen-bond acceptors (Lipinski definition) is 4. The maximum Gasteiger partial charge on any atom is 0.159 e. The van der Waals surface area contributed by atoms with Crippen molar-refractivity contribution in [2.24, 2.45) is 0 Å². The van der Waals surface area contributed by atoms with Crippen molar-refractivity contribution in [3.8, 4) is 22.3 Å². The third-order valence-corrected chi connectivity index (χ3v) is 14.5. The van der Waals surface area contributed by atoms with E-state index in [0.29, 0.717) is 22.5 Å². The highest BCUT2D eigenvalue weighted by Gasteiger charge is 2.27. The molecule has 0 aliphatic carbocycles. The molecule has 0 radical (unpaired) electrons. The molecule has 0 atom stereocenters. The van der Waals surface area contributed by atoms with Crippen LogP contribution in [0.5, 0.6) is 0 Å². The van der Waals surface area contributed by atoms with Crippen molar-refractivity contribution >= 4 is 110 Å². The highest BCUT2D eigenvalue weighted by atomic mass is 19.1. The number of aryl methyl sites for hydroxylation is 2. The fourth-order valence-electron chi connectivity index (χ4n) is 11.2. The number of hydrogen-bond donors (Lipinski definition) is 0. The van der Waals surface area contributed by atoms with Gasteiger partial charge in [-0.15, -0.1) is 0 Å². The highest BCUT2D eigenvalue weighted by molar-refractivity contribution is 6.29. The molecule has 342 valence electrons. The van der Waals surface area contributed by atoms with Crippen molar-refractivity contribution in [2.45, 2.75) is 13.8 Å². The summed E-state index contributed by atoms with van der Waals surface area (Å²) in [7, 11) is 0. The minimum absolute atomic E-state index is 0.353. The van der Waals surface area contributed by atoms with E-state index in [-0.39, 0.29) is 11.6 Å². The first-order chi connectivity index (χ1) is 35.3. The lowest BCUT2D eigenvalue weighted by Gasteiger charge is -2.29. The van der Waals surface area contributed by atoms with Gasteiger partial charge >= 0.3 is 0 Å². The average Bonchev–Trinajstić information content (AvgIpc) is 4.00. The molecular weight excluding hydrogens is 891 g/mol. The molecule has 4 nitrogen and oxygen atoms in total. The molecule has 0 aliphatic heterocycles. The summed E-state index contributed by atoms with van der Waals surface area (Å²) in [5.41, 5.74) is 13.0. The van der Waals surface area contributed by atoms with Crippen LogP contribution in [0.25, 0.3) is 98.4 Å². The monoisotopic (exact) mass is 932 g/mol. The minimum atomic E-state index is -0.353. The highest BCUT2D eigenvalue weighted by Crippen LogP contribution is 2.51. The predicted molar refractivity (Wildman–Crippen MR) is 294 cm³/mol. The van der Waals surface area contributed by atoms with Gasteiger partial charge < -0.3 is 18.6 Å². The third kappa shape index (κ3) is 6.49. The first-order valence-electron chi connectivity index (χ1n) is 24.2. The molecule has 12 aromatic carbocycles. The molecule has 0 saturated carbocycles. The van der Waals surface area contributed by atoms with Crippen LogP contribution in [0.1, 0.15) is 11.1 Å². The summed E-state index contributed by atoms with van der Waals surface area (Å²) in [6, 6.07) is 72.5. The van der Waals surface area contributed by atoms with Crippen LogP contribution in [0, 0.1) is 25.5 Å². The van der Waals surface area contributed by atoms with E-state index in [2.05, 4.69) is 157 Å². The van der Waals surface area contributed by atoms with E-state index in [1.165, 1.54) is 0 Å². The van der Waals surface area contributed by atoms with E-state index >= 15 is 8.78 Å². The summed E-state index contributed by atoms with van der Waals surface area (Å²) in [5, 5.41) is 10.1. The van der Waals surface area contributed by atoms with Gasteiger partial charge in [0.05, 0.1) is 22.7 Å². The van der Waals surface area contributed by atoms with Gasteiger partial charge in [0, 0.05) is 43.7 Å². The standard InChI is InChI=1S/C66H42F2N2O2/c1-39-13-9-19-51-53-21-11-23-59(65(53)71-63(39)51)69(49-35-45(33-47(67)37-49)41-15-5-3-6-16-41)57-31-27-43-26-30-56-58(32-28-44-25-29-55(57)61(43)62(44)56)70(50-36-46(34-48(68)38-50)42-17-7-4-8-18-42)60-24-12-22-54-52-20-10-14-40(2)64(52)72-66(54)60/h3-38H,1-2H3. The Morgan fingerprint density at radius 1 is 0.306 bits per heavy atom. The van der Waals surface area contributed by atoms with Gasteiger partial charge in [-0.25, -0.2) is 8.78 Å². The van der Waals surface area contributed by atoms with Gasteiger partial charge in [-0.05, 0) is 129 Å². The summed E-state index contributed by atoms with van der Waals surface area (Å²) >= 11 is 0. The quantitative estimate of drug-likeness (QED) is 0.142. The number of nitrogens with zero attached hydrogens (tertiary/aromatic N) is 2. The normalized spacial score (nSPS) is 11.9. The SMILES string of the molecule is Cc1cccc2c1oc1c(N(c3cc(F)cc(-c4ccccc4)c3)c3ccc4ccc5c(N(c6cc(F)cc(-c7ccccc7)c6)c6cccc7c6oc6c(C)cccc67)ccc6ccc3c4c65)cccc12. The Morgan fingerprint density at radius 3 is 1.12 bits per heavy atom. The molecular formula is C66H42F2N2O2. The Kier molecular flexibility index (Phi) is 9.35. The van der Waals surface area contributed by atoms with Crippen molar-refractivity contribution in [3.05, 3.63) is 241 Å². The first kappa shape index (κ1) is 41.7. The van der Waals surface area contributed by atoms with Gasteiger partial charge in [-0.3, -0.25) is 0 Å². The second-order valence-electron chi connectivity index (χ2n) is 18.8. The summed E-state index contributed by atoms with van der Waals surface area (Å²) < 4.78 is 46.4. The summed E-state index contributed by atoms with van der Waals surface area (Å²) in [6.45, 7) is 4.12. The number of halogens is 2. The minimum Gasteiger partial charge on any atom is -0.454 e. The fraction of sp³-hybridized carbons (Fsp3) is 0.0303. The zero-order chi connectivity index (χ0) is 48.2. The van der Waals surface area contributed by atoms with Crippen LogP contribution in [-0.2, 0) is 0 Å². The van der Waals surface area contributed by atoms with Crippen LogP contribution < -0.4 is 9.80 Å². The van der Waals surface area contributed by atoms with Crippen LogP contribution in [-0.4, -0.2) is 0 Å². The van der Waals surface area contributed by atoms with Gasteiger partial charge in [0.25, 0.3) is 0 Å². The van der Waals surface area contributed by atoms with Crippen LogP contribution in [0.2, 0.25) is 0 Å². The molecule has 72 heavy (non-hydrogen) atoms. The maximum atomic E-state index is 16.3. The fourth-order valence-corrected chi connectivity index (χ4v) is 11.2. The lowest BCUT2D eigenvalue weighted by Crippen LogP contribution is -2.12. The molecule has 0 saturated heterocycles. The van der Waals surface area contributed by atoms with E-state index in [4.69, 9.17) is 8.83 Å². The van der Waals surface area contributed by atoms with E-state index < -0.39 is 0 Å². The van der Waals surface area contributed by atoms with Crippen LogP contribution in [0.15, 0.2) is 227 Å². The van der Waals surface area contributed by atoms with Crippen molar-refractivity contribution in [3.63, 3.8) is 0 Å². The molecule has 0 N–H and O–H groups in total. The van der Waals surface area contributed by atoms with E-state index in [0.717, 1.165) is 121 Å². The largest absolute Gasteiger partial charge is 0.454 e. The first-order valence-corrected chi connectivity index (χ1v) is 24.2. The number of furan rings is 2. The van der Waals surface area contributed by atoms with E-state index in [1.54, 1.807) is 24.3 Å². The zero-order valence-electron chi connectivity index (χ0n) is 39.3. The lowest BCUT2D eigenvalue weighted by atomic mass is 9.91. The number of fused-ring (bicyclic) bond motifs is 6. The van der Waals surface area contributed by atoms with E-state index in [1.807, 2.05) is 60.7 Å². The molecule has 0 amide bonds. The molecule has 2 aromatic heterocycles. The molecule has 2 heterocycles. The predicted octanol–water partition coefficient (Wildman–Crippen LogP) is 19.6. The molecule has 0 spiro atoms. The molecule has 0 aliphatic rings. The molecule has 0 bridgehead atoms. The Balaban J connectivity index is 1.05. The number of rotatable bonds is 8. The number of anilines is 6. The number of para-hydroxylation sites is 4. The molecule has 14 aromatic rings. The zero-order valence-corrected chi connectivity index (χ0v) is 39.3. The molecule has 0 unspecified atom stereocenters. The Labute approximate surface area is 413 Å². The maximum absolute atomic E-state index is 16.3.